The molecular formula is C9H15F3N2O. The van der Waals surface area contributed by atoms with Crippen LogP contribution < -0.4 is 5.32 Å². The second kappa shape index (κ2) is 4.72. The molecule has 0 aromatic rings. The summed E-state index contributed by atoms with van der Waals surface area (Å²) in [6.45, 7) is -1.26. The van der Waals surface area contributed by atoms with Crippen LogP contribution in [0.3, 0.4) is 0 Å². The van der Waals surface area contributed by atoms with Crippen molar-refractivity contribution in [1.29, 1.82) is 0 Å². The number of nitrogens with zero attached hydrogens (tertiary/aromatic N) is 1. The molecule has 0 aliphatic heterocycles. The Hall–Kier alpha value is -0.940. The molecule has 1 aliphatic rings. The molecule has 0 radical (unpaired) electrons. The van der Waals surface area contributed by atoms with Gasteiger partial charge in [0.05, 0.1) is 0 Å². The number of carbonyl (C=O) groups is 1. The standard InChI is InChI=1S/C9H15F3N2O/c1-14(7-4-2-3-5-7)8(15)13-6-9(10,11)12/h7H,2-6H2,1H3,(H,13,15). The Morgan fingerprint density at radius 1 is 1.40 bits per heavy atom. The van der Waals surface area contributed by atoms with E-state index >= 15 is 0 Å². The van der Waals surface area contributed by atoms with Crippen molar-refractivity contribution >= 4 is 6.03 Å². The Morgan fingerprint density at radius 3 is 2.40 bits per heavy atom. The molecule has 1 fully saturated rings. The monoisotopic (exact) mass is 224 g/mol. The molecule has 88 valence electrons. The molecular weight excluding hydrogens is 209 g/mol. The molecule has 0 atom stereocenters. The molecule has 1 N–H and O–H groups in total. The molecule has 0 aromatic heterocycles. The molecule has 1 aliphatic carbocycles. The number of urea groups is 1. The highest BCUT2D eigenvalue weighted by atomic mass is 19.4. The second-order valence-corrected chi connectivity index (χ2v) is 3.82. The fourth-order valence-corrected chi connectivity index (χ4v) is 1.76. The summed E-state index contributed by atoms with van der Waals surface area (Å²) in [6, 6.07) is -0.544. The number of rotatable bonds is 2. The van der Waals surface area contributed by atoms with Gasteiger partial charge in [0.15, 0.2) is 0 Å². The van der Waals surface area contributed by atoms with Crippen LogP contribution in [0.1, 0.15) is 25.7 Å². The minimum absolute atomic E-state index is 0.0956. The molecule has 0 saturated heterocycles. The summed E-state index contributed by atoms with van der Waals surface area (Å²) < 4.78 is 35.5. The highest BCUT2D eigenvalue weighted by molar-refractivity contribution is 5.74. The average Bonchev–Trinajstić information content (AvgIpc) is 2.64. The minimum Gasteiger partial charge on any atom is -0.329 e. The van der Waals surface area contributed by atoms with E-state index < -0.39 is 18.8 Å². The predicted molar refractivity (Wildman–Crippen MR) is 49.5 cm³/mol. The SMILES string of the molecule is CN(C(=O)NCC(F)(F)F)C1CCCC1. The topological polar surface area (TPSA) is 32.3 Å². The summed E-state index contributed by atoms with van der Waals surface area (Å²) in [6.07, 6.45) is -0.485. The van der Waals surface area contributed by atoms with Crippen LogP contribution in [0, 0.1) is 0 Å². The third-order valence-electron chi connectivity index (χ3n) is 2.63. The van der Waals surface area contributed by atoms with Crippen molar-refractivity contribution in [3.8, 4) is 0 Å². The second-order valence-electron chi connectivity index (χ2n) is 3.82. The molecule has 0 unspecified atom stereocenters. The molecule has 1 saturated carbocycles. The van der Waals surface area contributed by atoms with Crippen LogP contribution in [0.5, 0.6) is 0 Å². The third kappa shape index (κ3) is 3.97. The first-order chi connectivity index (χ1) is 6.90. The van der Waals surface area contributed by atoms with Crippen molar-refractivity contribution in [1.82, 2.24) is 10.2 Å². The molecule has 15 heavy (non-hydrogen) atoms. The van der Waals surface area contributed by atoms with Gasteiger partial charge in [-0.15, -0.1) is 0 Å². The van der Waals surface area contributed by atoms with Crippen molar-refractivity contribution in [3.63, 3.8) is 0 Å². The first-order valence-corrected chi connectivity index (χ1v) is 4.97. The van der Waals surface area contributed by atoms with Gasteiger partial charge in [-0.05, 0) is 12.8 Å². The molecule has 0 heterocycles. The van der Waals surface area contributed by atoms with Gasteiger partial charge in [-0.25, -0.2) is 4.79 Å². The molecule has 2 amide bonds. The zero-order chi connectivity index (χ0) is 11.5. The predicted octanol–water partition coefficient (Wildman–Crippen LogP) is 2.13. The van der Waals surface area contributed by atoms with Crippen LogP contribution in [0.4, 0.5) is 18.0 Å². The summed E-state index contributed by atoms with van der Waals surface area (Å²) >= 11 is 0. The summed E-state index contributed by atoms with van der Waals surface area (Å²) in [5.41, 5.74) is 0. The molecule has 3 nitrogen and oxygen atoms in total. The molecule has 0 spiro atoms. The smallest absolute Gasteiger partial charge is 0.329 e. The van der Waals surface area contributed by atoms with E-state index in [0.29, 0.717) is 0 Å². The number of hydrogen-bond acceptors (Lipinski definition) is 1. The van der Waals surface area contributed by atoms with Crippen LogP contribution in [0.15, 0.2) is 0 Å². The number of nitrogens with one attached hydrogen (secondary N) is 1. The van der Waals surface area contributed by atoms with Gasteiger partial charge >= 0.3 is 12.2 Å². The maximum Gasteiger partial charge on any atom is 0.405 e. The van der Waals surface area contributed by atoms with Gasteiger partial charge in [-0.1, -0.05) is 12.8 Å². The first kappa shape index (κ1) is 12.1. The van der Waals surface area contributed by atoms with E-state index in [0.717, 1.165) is 25.7 Å². The Balaban J connectivity index is 2.32. The van der Waals surface area contributed by atoms with Gasteiger partial charge in [-0.2, -0.15) is 13.2 Å². The third-order valence-corrected chi connectivity index (χ3v) is 2.63. The fraction of sp³-hybridized carbons (Fsp3) is 0.889. The van der Waals surface area contributed by atoms with Gasteiger partial charge in [0.1, 0.15) is 6.54 Å². The molecule has 0 bridgehead atoms. The summed E-state index contributed by atoms with van der Waals surface area (Å²) in [5.74, 6) is 0. The number of alkyl halides is 3. The Labute approximate surface area is 86.6 Å². The van der Waals surface area contributed by atoms with Crippen molar-refractivity contribution in [2.75, 3.05) is 13.6 Å². The molecule has 0 aromatic carbocycles. The highest BCUT2D eigenvalue weighted by Gasteiger charge is 2.30. The highest BCUT2D eigenvalue weighted by Crippen LogP contribution is 2.22. The lowest BCUT2D eigenvalue weighted by Crippen LogP contribution is -2.45. The lowest BCUT2D eigenvalue weighted by atomic mass is 10.2. The summed E-state index contributed by atoms with van der Waals surface area (Å²) in [7, 11) is 1.54. The Morgan fingerprint density at radius 2 is 1.93 bits per heavy atom. The van der Waals surface area contributed by atoms with Gasteiger partial charge in [0.25, 0.3) is 0 Å². The average molecular weight is 224 g/mol. The van der Waals surface area contributed by atoms with Crippen LogP contribution in [-0.4, -0.2) is 36.7 Å². The Kier molecular flexibility index (Phi) is 3.82. The van der Waals surface area contributed by atoms with E-state index in [-0.39, 0.29) is 6.04 Å². The van der Waals surface area contributed by atoms with Crippen molar-refractivity contribution in [2.45, 2.75) is 37.9 Å². The molecule has 6 heteroatoms. The number of halogens is 3. The van der Waals surface area contributed by atoms with Crippen LogP contribution in [0.2, 0.25) is 0 Å². The normalized spacial score (nSPS) is 17.9. The van der Waals surface area contributed by atoms with Crippen LogP contribution in [-0.2, 0) is 0 Å². The summed E-state index contributed by atoms with van der Waals surface area (Å²) in [5, 5.41) is 1.86. The van der Waals surface area contributed by atoms with Gasteiger partial charge < -0.3 is 10.2 Å². The van der Waals surface area contributed by atoms with E-state index in [4.69, 9.17) is 0 Å². The van der Waals surface area contributed by atoms with E-state index in [9.17, 15) is 18.0 Å². The van der Waals surface area contributed by atoms with Crippen LogP contribution in [0.25, 0.3) is 0 Å². The zero-order valence-corrected chi connectivity index (χ0v) is 8.60. The van der Waals surface area contributed by atoms with E-state index in [1.54, 1.807) is 7.05 Å². The largest absolute Gasteiger partial charge is 0.405 e. The number of amides is 2. The van der Waals surface area contributed by atoms with Crippen molar-refractivity contribution in [3.05, 3.63) is 0 Å². The summed E-state index contributed by atoms with van der Waals surface area (Å²) in [4.78, 5) is 12.7. The maximum atomic E-state index is 11.8. The number of carbonyl (C=O) groups excluding carboxylic acids is 1. The van der Waals surface area contributed by atoms with Crippen molar-refractivity contribution in [2.24, 2.45) is 0 Å². The Bertz CT molecular complexity index is 224. The fourth-order valence-electron chi connectivity index (χ4n) is 1.76. The van der Waals surface area contributed by atoms with Gasteiger partial charge in [-0.3, -0.25) is 0 Å². The van der Waals surface area contributed by atoms with E-state index in [1.807, 2.05) is 5.32 Å². The minimum atomic E-state index is -4.34. The van der Waals surface area contributed by atoms with Gasteiger partial charge in [0.2, 0.25) is 0 Å². The van der Waals surface area contributed by atoms with Crippen LogP contribution >= 0.6 is 0 Å². The zero-order valence-electron chi connectivity index (χ0n) is 8.60. The quantitative estimate of drug-likeness (QED) is 0.765. The van der Waals surface area contributed by atoms with Crippen molar-refractivity contribution < 1.29 is 18.0 Å². The molecule has 1 rings (SSSR count). The van der Waals surface area contributed by atoms with E-state index in [1.165, 1.54) is 4.90 Å². The lowest BCUT2D eigenvalue weighted by Gasteiger charge is -2.24. The van der Waals surface area contributed by atoms with Gasteiger partial charge in [0, 0.05) is 13.1 Å². The maximum absolute atomic E-state index is 11.8. The van der Waals surface area contributed by atoms with E-state index in [2.05, 4.69) is 0 Å². The number of hydrogen-bond donors (Lipinski definition) is 1. The lowest BCUT2D eigenvalue weighted by molar-refractivity contribution is -0.123. The first-order valence-electron chi connectivity index (χ1n) is 4.97.